The molecule has 6 heteroatoms. The van der Waals surface area contributed by atoms with E-state index >= 15 is 0 Å². The van der Waals surface area contributed by atoms with E-state index < -0.39 is 0 Å². The normalized spacial score (nSPS) is 13.3. The SMILES string of the molecule is CC#CC(=O)Nc1ccc2ncn(-c3cc(CCC4CC4)ncn3)c2c1. The van der Waals surface area contributed by atoms with Crippen molar-refractivity contribution >= 4 is 22.6 Å². The third kappa shape index (κ3) is 3.57. The van der Waals surface area contributed by atoms with Crippen molar-refractivity contribution in [3.05, 3.63) is 42.6 Å². The van der Waals surface area contributed by atoms with Gasteiger partial charge in [0, 0.05) is 17.4 Å². The fraction of sp³-hybridized carbons (Fsp3) is 0.300. The van der Waals surface area contributed by atoms with E-state index in [0.717, 1.165) is 34.9 Å². The Kier molecular flexibility index (Phi) is 4.36. The number of aromatic nitrogens is 4. The van der Waals surface area contributed by atoms with Crippen LogP contribution in [-0.2, 0) is 11.2 Å². The second-order valence-electron chi connectivity index (χ2n) is 6.50. The van der Waals surface area contributed by atoms with Crippen molar-refractivity contribution in [1.29, 1.82) is 0 Å². The molecule has 0 spiro atoms. The Morgan fingerprint density at radius 2 is 2.15 bits per heavy atom. The molecule has 1 saturated carbocycles. The van der Waals surface area contributed by atoms with Crippen LogP contribution in [-0.4, -0.2) is 25.4 Å². The molecule has 26 heavy (non-hydrogen) atoms. The largest absolute Gasteiger partial charge is 0.315 e. The van der Waals surface area contributed by atoms with E-state index in [4.69, 9.17) is 0 Å². The minimum atomic E-state index is -0.331. The molecule has 0 radical (unpaired) electrons. The molecule has 0 unspecified atom stereocenters. The lowest BCUT2D eigenvalue weighted by atomic mass is 10.1. The third-order valence-corrected chi connectivity index (χ3v) is 4.51. The van der Waals surface area contributed by atoms with Gasteiger partial charge in [-0.1, -0.05) is 18.8 Å². The molecular weight excluding hydrogens is 326 g/mol. The van der Waals surface area contributed by atoms with Crippen LogP contribution in [0.2, 0.25) is 0 Å². The maximum absolute atomic E-state index is 11.7. The Hall–Kier alpha value is -3.20. The van der Waals surface area contributed by atoms with Crippen LogP contribution in [0.25, 0.3) is 16.9 Å². The van der Waals surface area contributed by atoms with E-state index in [1.54, 1.807) is 19.6 Å². The van der Waals surface area contributed by atoms with E-state index in [1.807, 2.05) is 28.8 Å². The maximum atomic E-state index is 11.7. The molecule has 3 aromatic rings. The van der Waals surface area contributed by atoms with Gasteiger partial charge in [-0.05, 0) is 49.8 Å². The summed E-state index contributed by atoms with van der Waals surface area (Å²) in [6.45, 7) is 1.63. The number of fused-ring (bicyclic) bond motifs is 1. The minimum Gasteiger partial charge on any atom is -0.315 e. The zero-order valence-corrected chi connectivity index (χ0v) is 14.6. The van der Waals surface area contributed by atoms with Gasteiger partial charge < -0.3 is 5.32 Å². The lowest BCUT2D eigenvalue weighted by Crippen LogP contribution is -2.08. The van der Waals surface area contributed by atoms with Crippen LogP contribution < -0.4 is 5.32 Å². The first-order valence-electron chi connectivity index (χ1n) is 8.75. The lowest BCUT2D eigenvalue weighted by Gasteiger charge is -2.07. The van der Waals surface area contributed by atoms with Crippen LogP contribution in [0.4, 0.5) is 5.69 Å². The molecular formula is C20H19N5O. The lowest BCUT2D eigenvalue weighted by molar-refractivity contribution is -0.111. The molecule has 130 valence electrons. The molecule has 0 bridgehead atoms. The van der Waals surface area contributed by atoms with Crippen LogP contribution in [0.15, 0.2) is 36.9 Å². The number of nitrogens with zero attached hydrogens (tertiary/aromatic N) is 4. The van der Waals surface area contributed by atoms with Gasteiger partial charge in [0.2, 0.25) is 0 Å². The number of anilines is 1. The Morgan fingerprint density at radius 3 is 2.96 bits per heavy atom. The number of aryl methyl sites for hydroxylation is 1. The van der Waals surface area contributed by atoms with Gasteiger partial charge in [-0.3, -0.25) is 9.36 Å². The number of carbonyl (C=O) groups excluding carboxylic acids is 1. The average molecular weight is 345 g/mol. The summed E-state index contributed by atoms with van der Waals surface area (Å²) in [7, 11) is 0. The number of carbonyl (C=O) groups is 1. The van der Waals surface area contributed by atoms with Crippen molar-refractivity contribution in [2.45, 2.75) is 32.6 Å². The molecule has 1 N–H and O–H groups in total. The van der Waals surface area contributed by atoms with Gasteiger partial charge in [0.25, 0.3) is 5.91 Å². The maximum Gasteiger partial charge on any atom is 0.300 e. The zero-order chi connectivity index (χ0) is 17.9. The first-order valence-corrected chi connectivity index (χ1v) is 8.75. The van der Waals surface area contributed by atoms with Crippen LogP contribution in [0, 0.1) is 17.8 Å². The fourth-order valence-electron chi connectivity index (χ4n) is 2.96. The van der Waals surface area contributed by atoms with Crippen molar-refractivity contribution in [2.24, 2.45) is 5.92 Å². The second-order valence-corrected chi connectivity index (χ2v) is 6.50. The minimum absolute atomic E-state index is 0.331. The molecule has 1 aromatic carbocycles. The molecule has 1 aliphatic carbocycles. The molecule has 1 fully saturated rings. The fourth-order valence-corrected chi connectivity index (χ4v) is 2.96. The second kappa shape index (κ2) is 6.96. The quantitative estimate of drug-likeness (QED) is 0.721. The third-order valence-electron chi connectivity index (χ3n) is 4.51. The Morgan fingerprint density at radius 1 is 1.27 bits per heavy atom. The number of rotatable bonds is 5. The van der Waals surface area contributed by atoms with Gasteiger partial charge in [0.1, 0.15) is 18.5 Å². The molecule has 1 aliphatic rings. The highest BCUT2D eigenvalue weighted by molar-refractivity contribution is 6.04. The van der Waals surface area contributed by atoms with Crippen molar-refractivity contribution in [1.82, 2.24) is 19.5 Å². The average Bonchev–Trinajstić information content (AvgIpc) is 3.38. The van der Waals surface area contributed by atoms with Crippen LogP contribution in [0.1, 0.15) is 31.9 Å². The summed E-state index contributed by atoms with van der Waals surface area (Å²) < 4.78 is 1.92. The zero-order valence-electron chi connectivity index (χ0n) is 14.6. The topological polar surface area (TPSA) is 72.7 Å². The molecule has 4 rings (SSSR count). The molecule has 6 nitrogen and oxygen atoms in total. The van der Waals surface area contributed by atoms with Gasteiger partial charge in [0.15, 0.2) is 0 Å². The highest BCUT2D eigenvalue weighted by Crippen LogP contribution is 2.33. The van der Waals surface area contributed by atoms with E-state index in [1.165, 1.54) is 19.3 Å². The Balaban J connectivity index is 1.63. The van der Waals surface area contributed by atoms with Crippen molar-refractivity contribution < 1.29 is 4.79 Å². The molecule has 2 heterocycles. The summed E-state index contributed by atoms with van der Waals surface area (Å²) in [5, 5.41) is 2.77. The van der Waals surface area contributed by atoms with E-state index in [-0.39, 0.29) is 5.91 Å². The monoisotopic (exact) mass is 345 g/mol. The molecule has 1 amide bonds. The number of imidazole rings is 1. The summed E-state index contributed by atoms with van der Waals surface area (Å²) in [6, 6.07) is 7.58. The van der Waals surface area contributed by atoms with Gasteiger partial charge >= 0.3 is 0 Å². The van der Waals surface area contributed by atoms with E-state index in [2.05, 4.69) is 32.1 Å². The number of hydrogen-bond acceptors (Lipinski definition) is 4. The first kappa shape index (κ1) is 16.3. The van der Waals surface area contributed by atoms with Crippen molar-refractivity contribution in [3.63, 3.8) is 0 Å². The predicted octanol–water partition coefficient (Wildman–Crippen LogP) is 3.12. The number of hydrogen-bond donors (Lipinski definition) is 1. The summed E-state index contributed by atoms with van der Waals surface area (Å²) in [6.07, 6.45) is 8.21. The van der Waals surface area contributed by atoms with E-state index in [9.17, 15) is 4.79 Å². The number of nitrogens with one attached hydrogen (secondary N) is 1. The summed E-state index contributed by atoms with van der Waals surface area (Å²) in [5.74, 6) is 6.39. The highest BCUT2D eigenvalue weighted by Gasteiger charge is 2.21. The van der Waals surface area contributed by atoms with Crippen molar-refractivity contribution in [3.8, 4) is 17.7 Å². The van der Waals surface area contributed by atoms with E-state index in [0.29, 0.717) is 5.69 Å². The van der Waals surface area contributed by atoms with Gasteiger partial charge in [-0.15, -0.1) is 0 Å². The Labute approximate surface area is 151 Å². The number of amides is 1. The predicted molar refractivity (Wildman–Crippen MR) is 99.8 cm³/mol. The molecule has 0 aliphatic heterocycles. The summed E-state index contributed by atoms with van der Waals surface area (Å²) in [4.78, 5) is 24.9. The van der Waals surface area contributed by atoms with Gasteiger partial charge in [0.05, 0.1) is 11.0 Å². The highest BCUT2D eigenvalue weighted by atomic mass is 16.1. The molecule has 2 aromatic heterocycles. The molecule has 0 saturated heterocycles. The summed E-state index contributed by atoms with van der Waals surface area (Å²) >= 11 is 0. The van der Waals surface area contributed by atoms with Crippen LogP contribution in [0.3, 0.4) is 0 Å². The molecule has 0 atom stereocenters. The smallest absolute Gasteiger partial charge is 0.300 e. The standard InChI is InChI=1S/C20H19N5O/c1-2-3-20(26)24-16-8-9-17-18(10-16)25(13-23-17)19-11-15(21-12-22-19)7-6-14-4-5-14/h8-14H,4-7H2,1H3,(H,24,26). The van der Waals surface area contributed by atoms with Crippen LogP contribution in [0.5, 0.6) is 0 Å². The number of benzene rings is 1. The Bertz CT molecular complexity index is 1020. The first-order chi connectivity index (χ1) is 12.7. The van der Waals surface area contributed by atoms with Crippen molar-refractivity contribution in [2.75, 3.05) is 5.32 Å². The van der Waals surface area contributed by atoms with Gasteiger partial charge in [-0.25, -0.2) is 15.0 Å². The van der Waals surface area contributed by atoms with Gasteiger partial charge in [-0.2, -0.15) is 0 Å². The summed E-state index contributed by atoms with van der Waals surface area (Å²) in [5.41, 5.74) is 3.43. The van der Waals surface area contributed by atoms with Crippen LogP contribution >= 0.6 is 0 Å².